The first kappa shape index (κ1) is 20.7. The van der Waals surface area contributed by atoms with Gasteiger partial charge in [-0.25, -0.2) is 0 Å². The minimum Gasteiger partial charge on any atom is -0.376 e. The van der Waals surface area contributed by atoms with Crippen molar-refractivity contribution >= 4 is 23.4 Å². The fourth-order valence-corrected chi connectivity index (χ4v) is 3.02. The molecule has 0 aliphatic carbocycles. The molecule has 3 N–H and O–H groups in total. The number of hydrogen-bond donors (Lipinski definition) is 3. The second kappa shape index (κ2) is 9.94. The minimum atomic E-state index is -0.149. The van der Waals surface area contributed by atoms with E-state index in [1.807, 2.05) is 19.9 Å². The molecule has 148 valence electrons. The van der Waals surface area contributed by atoms with Gasteiger partial charge in [-0.3, -0.25) is 14.4 Å². The summed E-state index contributed by atoms with van der Waals surface area (Å²) in [6.07, 6.45) is 1.53. The number of para-hydroxylation sites is 1. The fourth-order valence-electron chi connectivity index (χ4n) is 3.02. The highest BCUT2D eigenvalue weighted by atomic mass is 16.2. The topological polar surface area (TPSA) is 90.5 Å². The van der Waals surface area contributed by atoms with Crippen LogP contribution in [-0.2, 0) is 9.59 Å². The molecule has 0 unspecified atom stereocenters. The first-order valence-electron chi connectivity index (χ1n) is 9.52. The lowest BCUT2D eigenvalue weighted by Crippen LogP contribution is -2.47. The zero-order chi connectivity index (χ0) is 19.8. The van der Waals surface area contributed by atoms with Crippen LogP contribution < -0.4 is 16.0 Å². The fraction of sp³-hybridized carbons (Fsp3) is 0.550. The standard InChI is InChI=1S/C20H30N4O3/c1-14(2)12-22-20(27)17-6-4-5-7-18(17)21-13-19(26)23-16-8-10-24(11-9-16)15(3)25/h4-7,14,16,21H,8-13H2,1-3H3,(H,22,27)(H,23,26). The molecule has 1 aromatic rings. The summed E-state index contributed by atoms with van der Waals surface area (Å²) in [7, 11) is 0. The van der Waals surface area contributed by atoms with Crippen LogP contribution in [0.25, 0.3) is 0 Å². The highest BCUT2D eigenvalue weighted by Crippen LogP contribution is 2.15. The van der Waals surface area contributed by atoms with Gasteiger partial charge in [0.05, 0.1) is 12.1 Å². The average Bonchev–Trinajstić information content (AvgIpc) is 2.65. The lowest BCUT2D eigenvalue weighted by Gasteiger charge is -2.31. The van der Waals surface area contributed by atoms with E-state index in [1.54, 1.807) is 30.0 Å². The molecule has 7 nitrogen and oxygen atoms in total. The third-order valence-corrected chi connectivity index (χ3v) is 4.59. The van der Waals surface area contributed by atoms with E-state index >= 15 is 0 Å². The van der Waals surface area contributed by atoms with Gasteiger partial charge in [0.25, 0.3) is 5.91 Å². The van der Waals surface area contributed by atoms with Gasteiger partial charge < -0.3 is 20.9 Å². The molecule has 0 bridgehead atoms. The monoisotopic (exact) mass is 374 g/mol. The van der Waals surface area contributed by atoms with E-state index in [4.69, 9.17) is 0 Å². The second-order valence-corrected chi connectivity index (χ2v) is 7.35. The molecule has 0 saturated carbocycles. The van der Waals surface area contributed by atoms with Crippen molar-refractivity contribution in [2.24, 2.45) is 5.92 Å². The first-order valence-corrected chi connectivity index (χ1v) is 9.52. The lowest BCUT2D eigenvalue weighted by molar-refractivity contribution is -0.130. The number of piperidine rings is 1. The molecule has 0 atom stereocenters. The van der Waals surface area contributed by atoms with Gasteiger partial charge in [-0.1, -0.05) is 26.0 Å². The number of carbonyl (C=O) groups is 3. The molecule has 0 aromatic heterocycles. The SMILES string of the molecule is CC(=O)N1CCC(NC(=O)CNc2ccccc2C(=O)NCC(C)C)CC1. The largest absolute Gasteiger partial charge is 0.376 e. The Balaban J connectivity index is 1.83. The summed E-state index contributed by atoms with van der Waals surface area (Å²) >= 11 is 0. The normalized spacial score (nSPS) is 14.7. The Hall–Kier alpha value is -2.57. The number of hydrogen-bond acceptors (Lipinski definition) is 4. The van der Waals surface area contributed by atoms with Gasteiger partial charge in [-0.2, -0.15) is 0 Å². The summed E-state index contributed by atoms with van der Waals surface area (Å²) in [6, 6.07) is 7.26. The molecule has 1 aliphatic rings. The molecule has 1 saturated heterocycles. The molecule has 1 heterocycles. The number of likely N-dealkylation sites (tertiary alicyclic amines) is 1. The van der Waals surface area contributed by atoms with Crippen LogP contribution >= 0.6 is 0 Å². The summed E-state index contributed by atoms with van der Waals surface area (Å²) in [6.45, 7) is 7.69. The molecule has 0 spiro atoms. The van der Waals surface area contributed by atoms with Crippen molar-refractivity contribution in [3.8, 4) is 0 Å². The Bertz CT molecular complexity index is 667. The molecule has 3 amide bonds. The van der Waals surface area contributed by atoms with Gasteiger partial charge in [0.1, 0.15) is 0 Å². The summed E-state index contributed by atoms with van der Waals surface area (Å²) < 4.78 is 0. The maximum Gasteiger partial charge on any atom is 0.253 e. The molecule has 7 heteroatoms. The number of nitrogens with one attached hydrogen (secondary N) is 3. The summed E-state index contributed by atoms with van der Waals surface area (Å²) in [5.41, 5.74) is 1.17. The summed E-state index contributed by atoms with van der Waals surface area (Å²) in [5.74, 6) is 0.181. The molecule has 2 rings (SSSR count). The lowest BCUT2D eigenvalue weighted by atomic mass is 10.1. The van der Waals surface area contributed by atoms with E-state index in [9.17, 15) is 14.4 Å². The van der Waals surface area contributed by atoms with Gasteiger partial charge in [0.15, 0.2) is 0 Å². The van der Waals surface area contributed by atoms with Gasteiger partial charge in [-0.05, 0) is 30.9 Å². The molecule has 1 fully saturated rings. The molecule has 0 radical (unpaired) electrons. The molecule has 1 aliphatic heterocycles. The van der Waals surface area contributed by atoms with E-state index in [1.165, 1.54) is 0 Å². The van der Waals surface area contributed by atoms with Crippen molar-refractivity contribution in [3.63, 3.8) is 0 Å². The van der Waals surface area contributed by atoms with E-state index in [0.29, 0.717) is 36.8 Å². The van der Waals surface area contributed by atoms with Crippen LogP contribution in [0.1, 0.15) is 44.0 Å². The van der Waals surface area contributed by atoms with Crippen molar-refractivity contribution in [2.45, 2.75) is 39.7 Å². The maximum atomic E-state index is 12.3. The van der Waals surface area contributed by atoms with Crippen molar-refractivity contribution in [1.82, 2.24) is 15.5 Å². The number of amides is 3. The number of rotatable bonds is 7. The Morgan fingerprint density at radius 2 is 1.81 bits per heavy atom. The summed E-state index contributed by atoms with van der Waals surface area (Å²) in [5, 5.41) is 8.95. The molecular formula is C20H30N4O3. The van der Waals surface area contributed by atoms with Gasteiger partial charge >= 0.3 is 0 Å². The van der Waals surface area contributed by atoms with E-state index in [2.05, 4.69) is 16.0 Å². The smallest absolute Gasteiger partial charge is 0.253 e. The third kappa shape index (κ3) is 6.58. The Morgan fingerprint density at radius 3 is 2.44 bits per heavy atom. The second-order valence-electron chi connectivity index (χ2n) is 7.35. The highest BCUT2D eigenvalue weighted by molar-refractivity contribution is 6.00. The number of benzene rings is 1. The van der Waals surface area contributed by atoms with Crippen LogP contribution in [0.2, 0.25) is 0 Å². The zero-order valence-corrected chi connectivity index (χ0v) is 16.4. The Kier molecular flexibility index (Phi) is 7.64. The molecular weight excluding hydrogens is 344 g/mol. The van der Waals surface area contributed by atoms with Crippen LogP contribution in [0.15, 0.2) is 24.3 Å². The van der Waals surface area contributed by atoms with E-state index in [-0.39, 0.29) is 30.3 Å². The molecule has 1 aromatic carbocycles. The van der Waals surface area contributed by atoms with E-state index in [0.717, 1.165) is 12.8 Å². The number of anilines is 1. The Labute approximate surface area is 160 Å². The van der Waals surface area contributed by atoms with Gasteiger partial charge in [-0.15, -0.1) is 0 Å². The van der Waals surface area contributed by atoms with Crippen LogP contribution in [0, 0.1) is 5.92 Å². The number of carbonyl (C=O) groups excluding carboxylic acids is 3. The van der Waals surface area contributed by atoms with Gasteiger partial charge in [0, 0.05) is 38.3 Å². The Morgan fingerprint density at radius 1 is 1.15 bits per heavy atom. The van der Waals surface area contributed by atoms with Crippen LogP contribution in [0.4, 0.5) is 5.69 Å². The van der Waals surface area contributed by atoms with Crippen molar-refractivity contribution in [1.29, 1.82) is 0 Å². The van der Waals surface area contributed by atoms with Crippen molar-refractivity contribution < 1.29 is 14.4 Å². The van der Waals surface area contributed by atoms with Crippen molar-refractivity contribution in [3.05, 3.63) is 29.8 Å². The highest BCUT2D eigenvalue weighted by Gasteiger charge is 2.22. The average molecular weight is 374 g/mol. The quantitative estimate of drug-likeness (QED) is 0.676. The maximum absolute atomic E-state index is 12.3. The minimum absolute atomic E-state index is 0.0776. The molecule has 27 heavy (non-hydrogen) atoms. The number of nitrogens with zero attached hydrogens (tertiary/aromatic N) is 1. The van der Waals surface area contributed by atoms with Crippen molar-refractivity contribution in [2.75, 3.05) is 31.5 Å². The first-order chi connectivity index (χ1) is 12.9. The zero-order valence-electron chi connectivity index (χ0n) is 16.4. The summed E-state index contributed by atoms with van der Waals surface area (Å²) in [4.78, 5) is 37.7. The predicted molar refractivity (Wildman–Crippen MR) is 106 cm³/mol. The van der Waals surface area contributed by atoms with Crippen LogP contribution in [0.3, 0.4) is 0 Å². The van der Waals surface area contributed by atoms with Crippen LogP contribution in [0.5, 0.6) is 0 Å². The van der Waals surface area contributed by atoms with Gasteiger partial charge in [0.2, 0.25) is 11.8 Å². The van der Waals surface area contributed by atoms with E-state index < -0.39 is 0 Å². The third-order valence-electron chi connectivity index (χ3n) is 4.59. The predicted octanol–water partition coefficient (Wildman–Crippen LogP) is 1.61. The van der Waals surface area contributed by atoms with Crippen LogP contribution in [-0.4, -0.2) is 54.8 Å².